The molecule has 0 heterocycles. The summed E-state index contributed by atoms with van der Waals surface area (Å²) in [6.45, 7) is 4.00. The average Bonchev–Trinajstić information content (AvgIpc) is 2.45. The maximum absolute atomic E-state index is 8.24. The summed E-state index contributed by atoms with van der Waals surface area (Å²) < 4.78 is 0. The maximum atomic E-state index is 8.24. The first-order chi connectivity index (χ1) is 11.3. The molecule has 0 radical (unpaired) electrons. The minimum absolute atomic E-state index is 0. The van der Waals surface area contributed by atoms with Crippen molar-refractivity contribution < 1.29 is 95.7 Å². The molecule has 0 spiro atoms. The van der Waals surface area contributed by atoms with E-state index in [0.717, 1.165) is 0 Å². The average molecular weight is 419 g/mol. The van der Waals surface area contributed by atoms with E-state index in [-0.39, 0.29) is 16.5 Å². The molecule has 154 valence electrons. The second kappa shape index (κ2) is 415. The Morgan fingerprint density at radius 1 is 0.280 bits per heavy atom. The summed E-state index contributed by atoms with van der Waals surface area (Å²) in [6.07, 6.45) is 0. The molecule has 0 aliphatic rings. The zero-order valence-electron chi connectivity index (χ0n) is 11.2. The number of aliphatic hydroxyl groups excluding tert-OH is 8. The molecule has 8 N–H and O–H groups in total. The van der Waals surface area contributed by atoms with Gasteiger partial charge in [-0.2, -0.15) is 0 Å². The van der Waals surface area contributed by atoms with Crippen LogP contribution in [0.3, 0.4) is 0 Å². The Kier molecular flexibility index (Phi) is 964. The monoisotopic (exact) mass is 418 g/mol. The van der Waals surface area contributed by atoms with E-state index >= 15 is 0 Å². The van der Waals surface area contributed by atoms with Crippen LogP contribution in [0.1, 0.15) is 0 Å². The van der Waals surface area contributed by atoms with Crippen molar-refractivity contribution in [1.29, 1.82) is 0 Å². The van der Waals surface area contributed by atoms with Crippen LogP contribution in [0, 0.1) is 0 Å². The van der Waals surface area contributed by atoms with E-state index in [1.165, 1.54) is 0 Å². The fourth-order valence-electron chi connectivity index (χ4n) is 0. The molecule has 17 heteroatoms. The van der Waals surface area contributed by atoms with E-state index in [4.69, 9.17) is 79.2 Å². The van der Waals surface area contributed by atoms with Crippen LogP contribution in [0.15, 0.2) is 0 Å². The van der Waals surface area contributed by atoms with Crippen LogP contribution in [-0.4, -0.2) is 92.6 Å². The second-order valence-corrected chi connectivity index (χ2v) is 0.730. The Morgan fingerprint density at radius 2 is 0.280 bits per heavy atom. The quantitative estimate of drug-likeness (QED) is 0.142. The van der Waals surface area contributed by atoms with Crippen LogP contribution in [0.25, 0.3) is 0 Å². The van der Waals surface area contributed by atoms with Gasteiger partial charge < -0.3 is 79.2 Å². The molecule has 0 rings (SSSR count). The van der Waals surface area contributed by atoms with Crippen LogP contribution in [0.4, 0.5) is 0 Å². The predicted molar refractivity (Wildman–Crippen MR) is 66.6 cm³/mol. The summed E-state index contributed by atoms with van der Waals surface area (Å²) in [5.41, 5.74) is 0. The van der Waals surface area contributed by atoms with E-state index in [1.807, 2.05) is 0 Å². The van der Waals surface area contributed by atoms with Gasteiger partial charge in [0.05, 0.1) is 0 Å². The van der Waals surface area contributed by atoms with E-state index in [9.17, 15) is 0 Å². The fourth-order valence-corrected chi connectivity index (χ4v) is 0. The van der Waals surface area contributed by atoms with Gasteiger partial charge in [-0.25, -0.2) is 0 Å². The minimum Gasteiger partial charge on any atom is -0.665 e. The summed E-state index contributed by atoms with van der Waals surface area (Å²) in [5, 5.41) is 54.1. The van der Waals surface area contributed by atoms with Crippen LogP contribution in [0.2, 0.25) is 0 Å². The predicted octanol–water partition coefficient (Wildman–Crippen LogP) is -3.11. The summed E-state index contributed by atoms with van der Waals surface area (Å²) in [6, 6.07) is 0. The van der Waals surface area contributed by atoms with Crippen molar-refractivity contribution in [2.75, 3.05) is 0 Å². The van der Waals surface area contributed by atoms with Crippen molar-refractivity contribution in [2.24, 2.45) is 0 Å². The Morgan fingerprint density at radius 3 is 0.280 bits per heavy atom. The normalized spacial score (nSPS) is 3.84. The third-order valence-electron chi connectivity index (χ3n) is 0. The van der Waals surface area contributed by atoms with Crippen LogP contribution >= 0.6 is 0 Å². The van der Waals surface area contributed by atoms with Gasteiger partial charge in [0.2, 0.25) is 0 Å². The smallest absolute Gasteiger partial charge is 0 e. The van der Waals surface area contributed by atoms with Crippen molar-refractivity contribution in [2.45, 2.75) is 0 Å². The van der Waals surface area contributed by atoms with Crippen LogP contribution < -0.4 is 0 Å². The molecule has 25 heavy (non-hydrogen) atoms. The molecule has 0 aromatic rings. The van der Waals surface area contributed by atoms with Gasteiger partial charge in [0, 0.05) is 16.5 Å². The fraction of sp³-hybridized carbons (Fsp3) is 0. The Balaban J connectivity index is -0.0000000166. The Labute approximate surface area is 148 Å². The van der Waals surface area contributed by atoms with Gasteiger partial charge in [-0.3, -0.25) is 0 Å². The number of hydrogen-bond donors (Lipinski definition) is 8. The SMILES string of the molecule is O=[C-]O.O=[C-]O.O=[C-]O.O=[C-]O.O=[C-]O.O=[C-]O.O=[C-]O.O=[C-]O.[Ni]. The first-order valence-electron chi connectivity index (χ1n) is 3.42. The maximum Gasteiger partial charge on any atom is 0 e. The van der Waals surface area contributed by atoms with Crippen molar-refractivity contribution in [3.63, 3.8) is 0 Å². The molecular formula is C8H8NiO16-8. The first-order valence-corrected chi connectivity index (χ1v) is 3.42. The summed E-state index contributed by atoms with van der Waals surface area (Å²) in [5.74, 6) is 0. The molecule has 16 nitrogen and oxygen atoms in total. The third kappa shape index (κ3) is 481. The third-order valence-corrected chi connectivity index (χ3v) is 0. The summed E-state index contributed by atoms with van der Waals surface area (Å²) in [7, 11) is 0. The van der Waals surface area contributed by atoms with Gasteiger partial charge in [-0.15, -0.1) is 0 Å². The molecule has 0 aliphatic carbocycles. The molecule has 0 saturated carbocycles. The largest absolute Gasteiger partial charge is 0.665 e. The molecule has 0 aromatic heterocycles. The number of rotatable bonds is 0. The summed E-state index contributed by atoms with van der Waals surface area (Å²) in [4.78, 5) is 65.9. The second-order valence-electron chi connectivity index (χ2n) is 0.730. The van der Waals surface area contributed by atoms with Crippen molar-refractivity contribution >= 4 is 51.8 Å². The van der Waals surface area contributed by atoms with Gasteiger partial charge in [0.15, 0.2) is 0 Å². The molecule has 0 unspecified atom stereocenters. The molecule has 0 saturated heterocycles. The molecule has 0 fully saturated rings. The van der Waals surface area contributed by atoms with Crippen molar-refractivity contribution in [3.05, 3.63) is 0 Å². The zero-order valence-corrected chi connectivity index (χ0v) is 12.1. The molecule has 0 amide bonds. The molecule has 0 bridgehead atoms. The van der Waals surface area contributed by atoms with E-state index in [2.05, 4.69) is 0 Å². The van der Waals surface area contributed by atoms with Gasteiger partial charge in [0.1, 0.15) is 0 Å². The molecule has 0 aromatic carbocycles. The van der Waals surface area contributed by atoms with Crippen molar-refractivity contribution in [1.82, 2.24) is 0 Å². The van der Waals surface area contributed by atoms with E-state index in [1.54, 1.807) is 0 Å². The zero-order chi connectivity index (χ0) is 21.7. The standard InChI is InChI=1S/8CHO2.Ni/c8*2-1-3;/h8*(H,2,3);/q8*-1;. The molecular weight excluding hydrogens is 411 g/mol. The minimum atomic E-state index is 0. The number of hydrogen-bond acceptors (Lipinski definition) is 8. The molecule has 0 atom stereocenters. The van der Waals surface area contributed by atoms with Crippen LogP contribution in [0.5, 0.6) is 0 Å². The van der Waals surface area contributed by atoms with Gasteiger partial charge in [0.25, 0.3) is 0 Å². The van der Waals surface area contributed by atoms with Crippen LogP contribution in [-0.2, 0) is 54.8 Å². The van der Waals surface area contributed by atoms with Gasteiger partial charge >= 0.3 is 0 Å². The summed E-state index contributed by atoms with van der Waals surface area (Å²) >= 11 is 0. The Bertz CT molecular complexity index is 160. The Hall–Kier alpha value is -3.75. The van der Waals surface area contributed by atoms with E-state index < -0.39 is 0 Å². The molecule has 0 aliphatic heterocycles. The first kappa shape index (κ1) is 58.1. The topological polar surface area (TPSA) is 298 Å². The van der Waals surface area contributed by atoms with Gasteiger partial charge in [-0.1, -0.05) is 51.8 Å². The van der Waals surface area contributed by atoms with E-state index in [0.29, 0.717) is 51.8 Å². The van der Waals surface area contributed by atoms with Gasteiger partial charge in [-0.05, 0) is 0 Å². The van der Waals surface area contributed by atoms with Crippen molar-refractivity contribution in [3.8, 4) is 0 Å².